The third-order valence-corrected chi connectivity index (χ3v) is 2.81. The van der Waals surface area contributed by atoms with Crippen LogP contribution in [-0.4, -0.2) is 12.6 Å². The van der Waals surface area contributed by atoms with Crippen molar-refractivity contribution in [2.75, 3.05) is 6.54 Å². The quantitative estimate of drug-likeness (QED) is 0.677. The average molecular weight is 223 g/mol. The highest BCUT2D eigenvalue weighted by Crippen LogP contribution is 2.25. The van der Waals surface area contributed by atoms with Crippen molar-refractivity contribution in [2.45, 2.75) is 60.4 Å². The monoisotopic (exact) mass is 223 g/mol. The highest BCUT2D eigenvalue weighted by Gasteiger charge is 2.15. The number of hydrogen-bond donors (Lipinski definition) is 1. The fourth-order valence-electron chi connectivity index (χ4n) is 2.12. The van der Waals surface area contributed by atoms with Gasteiger partial charge in [-0.3, -0.25) is 0 Å². The van der Waals surface area contributed by atoms with Gasteiger partial charge in [-0.25, -0.2) is 0 Å². The molecule has 1 nitrogen and oxygen atoms in total. The molecule has 0 fully saturated rings. The van der Waals surface area contributed by atoms with E-state index in [1.54, 1.807) is 0 Å². The predicted octanol–water partition coefficient (Wildman–Crippen LogP) is 3.70. The standard InChI is InChI=1S/C15H29N/c1-8-14(12(2)3)16-10-9-13(4)11-15(5,6)7/h1,12-14,16H,9-11H2,2-7H3/t13-,14+/m1/s1. The first-order valence-corrected chi connectivity index (χ1v) is 6.46. The van der Waals surface area contributed by atoms with E-state index in [9.17, 15) is 0 Å². The lowest BCUT2D eigenvalue weighted by molar-refractivity contribution is 0.291. The van der Waals surface area contributed by atoms with Gasteiger partial charge in [-0.05, 0) is 36.6 Å². The van der Waals surface area contributed by atoms with Crippen molar-refractivity contribution in [3.63, 3.8) is 0 Å². The van der Waals surface area contributed by atoms with Crippen molar-refractivity contribution in [3.05, 3.63) is 0 Å². The Hall–Kier alpha value is -0.480. The van der Waals surface area contributed by atoms with Crippen molar-refractivity contribution in [3.8, 4) is 12.3 Å². The molecule has 0 saturated carbocycles. The van der Waals surface area contributed by atoms with Gasteiger partial charge in [0.25, 0.3) is 0 Å². The summed E-state index contributed by atoms with van der Waals surface area (Å²) in [5.41, 5.74) is 0.434. The van der Waals surface area contributed by atoms with Crippen LogP contribution >= 0.6 is 0 Å². The summed E-state index contributed by atoms with van der Waals surface area (Å²) in [4.78, 5) is 0. The maximum Gasteiger partial charge on any atom is 0.0710 e. The molecule has 2 atom stereocenters. The molecule has 94 valence electrons. The number of hydrogen-bond acceptors (Lipinski definition) is 1. The molecule has 1 N–H and O–H groups in total. The molecule has 0 radical (unpaired) electrons. The summed E-state index contributed by atoms with van der Waals surface area (Å²) in [6, 6.07) is 0.224. The fourth-order valence-corrected chi connectivity index (χ4v) is 2.12. The van der Waals surface area contributed by atoms with Gasteiger partial charge in [0.05, 0.1) is 6.04 Å². The third-order valence-electron chi connectivity index (χ3n) is 2.81. The van der Waals surface area contributed by atoms with Gasteiger partial charge < -0.3 is 5.32 Å². The molecule has 16 heavy (non-hydrogen) atoms. The minimum absolute atomic E-state index is 0.224. The summed E-state index contributed by atoms with van der Waals surface area (Å²) in [5, 5.41) is 3.45. The number of nitrogens with one attached hydrogen (secondary N) is 1. The minimum Gasteiger partial charge on any atom is -0.303 e. The molecule has 1 heteroatoms. The summed E-state index contributed by atoms with van der Waals surface area (Å²) in [6.07, 6.45) is 7.97. The molecule has 0 amide bonds. The van der Waals surface area contributed by atoms with Crippen LogP contribution in [0.25, 0.3) is 0 Å². The van der Waals surface area contributed by atoms with E-state index in [2.05, 4.69) is 52.8 Å². The maximum absolute atomic E-state index is 5.48. The molecule has 0 saturated heterocycles. The highest BCUT2D eigenvalue weighted by atomic mass is 14.9. The van der Waals surface area contributed by atoms with Gasteiger partial charge in [0.1, 0.15) is 0 Å². The summed E-state index contributed by atoms with van der Waals surface area (Å²) >= 11 is 0. The first kappa shape index (κ1) is 15.5. The van der Waals surface area contributed by atoms with Gasteiger partial charge >= 0.3 is 0 Å². The fraction of sp³-hybridized carbons (Fsp3) is 0.867. The van der Waals surface area contributed by atoms with Crippen LogP contribution in [0.3, 0.4) is 0 Å². The molecule has 0 spiro atoms. The first-order valence-electron chi connectivity index (χ1n) is 6.46. The van der Waals surface area contributed by atoms with Crippen molar-refractivity contribution < 1.29 is 0 Å². The van der Waals surface area contributed by atoms with Crippen LogP contribution in [0, 0.1) is 29.6 Å². The van der Waals surface area contributed by atoms with Crippen molar-refractivity contribution in [1.82, 2.24) is 5.32 Å². The van der Waals surface area contributed by atoms with Crippen molar-refractivity contribution in [1.29, 1.82) is 0 Å². The topological polar surface area (TPSA) is 12.0 Å². The molecule has 0 aliphatic rings. The third kappa shape index (κ3) is 7.77. The lowest BCUT2D eigenvalue weighted by Crippen LogP contribution is -2.33. The predicted molar refractivity (Wildman–Crippen MR) is 73.3 cm³/mol. The van der Waals surface area contributed by atoms with Gasteiger partial charge in [0, 0.05) is 0 Å². The van der Waals surface area contributed by atoms with Crippen LogP contribution in [0.1, 0.15) is 54.4 Å². The van der Waals surface area contributed by atoms with E-state index < -0.39 is 0 Å². The smallest absolute Gasteiger partial charge is 0.0710 e. The zero-order valence-electron chi connectivity index (χ0n) is 11.9. The lowest BCUT2D eigenvalue weighted by atomic mass is 9.84. The molecule has 0 aliphatic carbocycles. The summed E-state index contributed by atoms with van der Waals surface area (Å²) < 4.78 is 0. The molecule has 0 aliphatic heterocycles. The minimum atomic E-state index is 0.224. The molecule has 0 heterocycles. The van der Waals surface area contributed by atoms with Gasteiger partial charge in [-0.2, -0.15) is 0 Å². The van der Waals surface area contributed by atoms with Crippen molar-refractivity contribution in [2.24, 2.45) is 17.3 Å². The van der Waals surface area contributed by atoms with Crippen LogP contribution in [0.2, 0.25) is 0 Å². The zero-order chi connectivity index (χ0) is 12.8. The van der Waals surface area contributed by atoms with E-state index in [-0.39, 0.29) is 6.04 Å². The van der Waals surface area contributed by atoms with E-state index in [1.165, 1.54) is 12.8 Å². The molecule has 0 rings (SSSR count). The van der Waals surface area contributed by atoms with Crippen LogP contribution in [0.15, 0.2) is 0 Å². The second-order valence-corrected chi connectivity index (χ2v) is 6.50. The number of terminal acetylenes is 1. The van der Waals surface area contributed by atoms with Crippen LogP contribution in [0.4, 0.5) is 0 Å². The molecule has 0 aromatic rings. The van der Waals surface area contributed by atoms with E-state index in [0.29, 0.717) is 11.3 Å². The molecular weight excluding hydrogens is 194 g/mol. The van der Waals surface area contributed by atoms with Gasteiger partial charge in [0.2, 0.25) is 0 Å². The summed E-state index contributed by atoms with van der Waals surface area (Å²) in [6.45, 7) is 14.6. The maximum atomic E-state index is 5.48. The second-order valence-electron chi connectivity index (χ2n) is 6.50. The van der Waals surface area contributed by atoms with E-state index in [0.717, 1.165) is 12.5 Å². The number of rotatable bonds is 6. The highest BCUT2D eigenvalue weighted by molar-refractivity contribution is 5.00. The Morgan fingerprint density at radius 2 is 1.75 bits per heavy atom. The SMILES string of the molecule is C#C[C@H](NCC[C@@H](C)CC(C)(C)C)C(C)C. The zero-order valence-corrected chi connectivity index (χ0v) is 11.9. The Kier molecular flexibility index (Phi) is 6.76. The largest absolute Gasteiger partial charge is 0.303 e. The Morgan fingerprint density at radius 1 is 1.19 bits per heavy atom. The van der Waals surface area contributed by atoms with Gasteiger partial charge in [0.15, 0.2) is 0 Å². The Morgan fingerprint density at radius 3 is 2.12 bits per heavy atom. The van der Waals surface area contributed by atoms with E-state index in [1.807, 2.05) is 0 Å². The molecular formula is C15H29N. The van der Waals surface area contributed by atoms with Crippen LogP contribution in [-0.2, 0) is 0 Å². The molecule has 0 aromatic carbocycles. The van der Waals surface area contributed by atoms with E-state index in [4.69, 9.17) is 6.42 Å². The Labute approximate surface area is 102 Å². The second kappa shape index (κ2) is 6.97. The van der Waals surface area contributed by atoms with Gasteiger partial charge in [-0.15, -0.1) is 6.42 Å². The summed E-state index contributed by atoms with van der Waals surface area (Å²) in [5.74, 6) is 4.09. The van der Waals surface area contributed by atoms with E-state index >= 15 is 0 Å². The molecule has 0 aromatic heterocycles. The molecule has 0 bridgehead atoms. The lowest BCUT2D eigenvalue weighted by Gasteiger charge is -2.24. The van der Waals surface area contributed by atoms with Crippen molar-refractivity contribution >= 4 is 0 Å². The van der Waals surface area contributed by atoms with Crippen LogP contribution < -0.4 is 5.32 Å². The normalized spacial score (nSPS) is 15.9. The Bertz CT molecular complexity index is 217. The summed E-state index contributed by atoms with van der Waals surface area (Å²) in [7, 11) is 0. The first-order chi connectivity index (χ1) is 7.26. The van der Waals surface area contributed by atoms with Crippen LogP contribution in [0.5, 0.6) is 0 Å². The van der Waals surface area contributed by atoms with Gasteiger partial charge in [-0.1, -0.05) is 47.5 Å². The average Bonchev–Trinajstić information content (AvgIpc) is 2.08. The molecule has 0 unspecified atom stereocenters. The Balaban J connectivity index is 3.78.